The molecular weight excluding hydrogens is 304 g/mol. The van der Waals surface area contributed by atoms with Gasteiger partial charge in [-0.05, 0) is 41.6 Å². The molecule has 0 fully saturated rings. The maximum Gasteiger partial charge on any atom is 0.0844 e. The molecule has 0 unspecified atom stereocenters. The summed E-state index contributed by atoms with van der Waals surface area (Å²) in [5.74, 6) is 0. The van der Waals surface area contributed by atoms with E-state index in [1.807, 2.05) is 18.3 Å². The van der Waals surface area contributed by atoms with E-state index in [1.165, 1.54) is 10.8 Å². The van der Waals surface area contributed by atoms with E-state index in [9.17, 15) is 0 Å². The van der Waals surface area contributed by atoms with Crippen molar-refractivity contribution in [3.05, 3.63) is 52.8 Å². The molecule has 5 heteroatoms. The minimum atomic E-state index is 0.588. The van der Waals surface area contributed by atoms with E-state index in [1.54, 1.807) is 4.68 Å². The number of rotatable bonds is 3. The number of halogens is 1. The van der Waals surface area contributed by atoms with Crippen molar-refractivity contribution in [1.29, 1.82) is 0 Å². The molecule has 0 atom stereocenters. The Morgan fingerprint density at radius 2 is 1.89 bits per heavy atom. The molecule has 1 aromatic heterocycles. The van der Waals surface area contributed by atoms with Crippen LogP contribution in [0.1, 0.15) is 5.69 Å². The third-order valence-electron chi connectivity index (χ3n) is 2.99. The van der Waals surface area contributed by atoms with Crippen LogP contribution in [0, 0.1) is 0 Å². The molecule has 0 saturated heterocycles. The van der Waals surface area contributed by atoms with Gasteiger partial charge in [0.05, 0.1) is 17.6 Å². The number of benzene rings is 2. The molecule has 0 aliphatic heterocycles. The van der Waals surface area contributed by atoms with E-state index in [2.05, 4.69) is 50.5 Å². The van der Waals surface area contributed by atoms with Crippen LogP contribution in [0.4, 0.5) is 0 Å². The molecule has 1 heterocycles. The average molecular weight is 317 g/mol. The quantitative estimate of drug-likeness (QED) is 0.808. The van der Waals surface area contributed by atoms with Gasteiger partial charge in [0.2, 0.25) is 0 Å². The molecule has 0 aliphatic rings. The number of fused-ring (bicyclic) bond motifs is 1. The summed E-state index contributed by atoms with van der Waals surface area (Å²) >= 11 is 3.48. The van der Waals surface area contributed by atoms with Gasteiger partial charge in [-0.15, -0.1) is 5.10 Å². The largest absolute Gasteiger partial charge is 0.330 e. The van der Waals surface area contributed by atoms with Crippen LogP contribution >= 0.6 is 15.9 Å². The summed E-state index contributed by atoms with van der Waals surface area (Å²) in [6.45, 7) is 0.588. The van der Waals surface area contributed by atoms with Crippen molar-refractivity contribution in [2.24, 2.45) is 5.73 Å². The molecule has 2 aromatic carbocycles. The zero-order chi connectivity index (χ0) is 13.2. The molecule has 3 aromatic rings. The lowest BCUT2D eigenvalue weighted by Crippen LogP contribution is -2.02. The Labute approximate surface area is 119 Å². The summed E-state index contributed by atoms with van der Waals surface area (Å²) in [6, 6.07) is 12.4. The number of hydrogen-bond donors (Lipinski definition) is 1. The van der Waals surface area contributed by atoms with Gasteiger partial charge in [-0.3, -0.25) is 0 Å². The number of hydrogen-bond acceptors (Lipinski definition) is 3. The molecular formula is C14H13BrN4. The molecule has 19 heavy (non-hydrogen) atoms. The topological polar surface area (TPSA) is 56.7 Å². The highest BCUT2D eigenvalue weighted by Gasteiger charge is 2.03. The first-order chi connectivity index (χ1) is 9.26. The van der Waals surface area contributed by atoms with Crippen molar-refractivity contribution in [3.8, 4) is 5.69 Å². The Bertz CT molecular complexity index is 720. The van der Waals surface area contributed by atoms with Gasteiger partial charge in [-0.2, -0.15) is 0 Å². The second-order valence-corrected chi connectivity index (χ2v) is 5.28. The summed E-state index contributed by atoms with van der Waals surface area (Å²) in [7, 11) is 0. The van der Waals surface area contributed by atoms with Gasteiger partial charge in [0.1, 0.15) is 0 Å². The zero-order valence-corrected chi connectivity index (χ0v) is 11.8. The van der Waals surface area contributed by atoms with E-state index in [-0.39, 0.29) is 0 Å². The highest BCUT2D eigenvalue weighted by atomic mass is 79.9. The van der Waals surface area contributed by atoms with Gasteiger partial charge in [0.15, 0.2) is 0 Å². The molecule has 0 spiro atoms. The third kappa shape index (κ3) is 2.52. The fraction of sp³-hybridized carbons (Fsp3) is 0.143. The van der Waals surface area contributed by atoms with E-state index >= 15 is 0 Å². The van der Waals surface area contributed by atoms with Gasteiger partial charge < -0.3 is 5.73 Å². The minimum absolute atomic E-state index is 0.588. The van der Waals surface area contributed by atoms with Crippen LogP contribution in [0.2, 0.25) is 0 Å². The Balaban J connectivity index is 2.02. The fourth-order valence-electron chi connectivity index (χ4n) is 2.03. The smallest absolute Gasteiger partial charge is 0.0844 e. The lowest BCUT2D eigenvalue weighted by atomic mass is 10.1. The van der Waals surface area contributed by atoms with Crippen molar-refractivity contribution in [2.75, 3.05) is 6.54 Å². The van der Waals surface area contributed by atoms with Crippen molar-refractivity contribution in [3.63, 3.8) is 0 Å². The van der Waals surface area contributed by atoms with Crippen LogP contribution in [0.25, 0.3) is 16.5 Å². The Kier molecular flexibility index (Phi) is 3.31. The normalized spacial score (nSPS) is 11.1. The summed E-state index contributed by atoms with van der Waals surface area (Å²) in [4.78, 5) is 0. The molecule has 2 N–H and O–H groups in total. The molecule has 0 aliphatic carbocycles. The lowest BCUT2D eigenvalue weighted by Gasteiger charge is -2.03. The summed E-state index contributed by atoms with van der Waals surface area (Å²) < 4.78 is 2.87. The SMILES string of the molecule is NCCc1cn(-c2ccc3cc(Br)ccc3c2)nn1. The monoisotopic (exact) mass is 316 g/mol. The van der Waals surface area contributed by atoms with Gasteiger partial charge in [0, 0.05) is 10.9 Å². The number of nitrogens with zero attached hydrogens (tertiary/aromatic N) is 3. The number of aromatic nitrogens is 3. The second kappa shape index (κ2) is 5.11. The molecule has 0 saturated carbocycles. The minimum Gasteiger partial charge on any atom is -0.330 e. The second-order valence-electron chi connectivity index (χ2n) is 4.37. The first kappa shape index (κ1) is 12.3. The fourth-order valence-corrected chi connectivity index (χ4v) is 2.41. The highest BCUT2D eigenvalue weighted by Crippen LogP contribution is 2.22. The highest BCUT2D eigenvalue weighted by molar-refractivity contribution is 9.10. The molecule has 0 amide bonds. The molecule has 4 nitrogen and oxygen atoms in total. The van der Waals surface area contributed by atoms with Gasteiger partial charge in [0.25, 0.3) is 0 Å². The van der Waals surface area contributed by atoms with Crippen LogP contribution in [-0.2, 0) is 6.42 Å². The third-order valence-corrected chi connectivity index (χ3v) is 3.48. The van der Waals surface area contributed by atoms with Crippen LogP contribution in [0.5, 0.6) is 0 Å². The van der Waals surface area contributed by atoms with E-state index in [4.69, 9.17) is 5.73 Å². The lowest BCUT2D eigenvalue weighted by molar-refractivity contribution is 0.795. The van der Waals surface area contributed by atoms with Gasteiger partial charge in [-0.1, -0.05) is 33.3 Å². The molecule has 3 rings (SSSR count). The first-order valence-corrected chi connectivity index (χ1v) is 6.86. The van der Waals surface area contributed by atoms with Crippen LogP contribution in [-0.4, -0.2) is 21.5 Å². The number of nitrogens with two attached hydrogens (primary N) is 1. The van der Waals surface area contributed by atoms with E-state index in [0.29, 0.717) is 6.54 Å². The zero-order valence-electron chi connectivity index (χ0n) is 10.3. The molecule has 0 bridgehead atoms. The van der Waals surface area contributed by atoms with Crippen molar-refractivity contribution in [2.45, 2.75) is 6.42 Å². The predicted molar refractivity (Wildman–Crippen MR) is 79.3 cm³/mol. The van der Waals surface area contributed by atoms with E-state index in [0.717, 1.165) is 22.3 Å². The summed E-state index contributed by atoms with van der Waals surface area (Å²) in [5.41, 5.74) is 7.44. The van der Waals surface area contributed by atoms with Crippen LogP contribution in [0.3, 0.4) is 0 Å². The van der Waals surface area contributed by atoms with Gasteiger partial charge >= 0.3 is 0 Å². The van der Waals surface area contributed by atoms with Crippen molar-refractivity contribution in [1.82, 2.24) is 15.0 Å². The Hall–Kier alpha value is -1.72. The Morgan fingerprint density at radius 1 is 1.11 bits per heavy atom. The maximum atomic E-state index is 5.52. The molecule has 96 valence electrons. The van der Waals surface area contributed by atoms with Crippen molar-refractivity contribution >= 4 is 26.7 Å². The molecule has 0 radical (unpaired) electrons. The van der Waals surface area contributed by atoms with Crippen molar-refractivity contribution < 1.29 is 0 Å². The summed E-state index contributed by atoms with van der Waals surface area (Å²) in [6.07, 6.45) is 2.67. The van der Waals surface area contributed by atoms with Crippen LogP contribution in [0.15, 0.2) is 47.1 Å². The Morgan fingerprint density at radius 3 is 2.74 bits per heavy atom. The standard InChI is InChI=1S/C14H13BrN4/c15-12-3-1-11-8-14(4-2-10(11)7-12)19-9-13(5-6-16)17-18-19/h1-4,7-9H,5-6,16H2. The maximum absolute atomic E-state index is 5.52. The van der Waals surface area contributed by atoms with E-state index < -0.39 is 0 Å². The first-order valence-electron chi connectivity index (χ1n) is 6.07. The predicted octanol–water partition coefficient (Wildman–Crippen LogP) is 2.68. The van der Waals surface area contributed by atoms with Crippen LogP contribution < -0.4 is 5.73 Å². The average Bonchev–Trinajstić information content (AvgIpc) is 2.87. The van der Waals surface area contributed by atoms with Gasteiger partial charge in [-0.25, -0.2) is 4.68 Å². The summed E-state index contributed by atoms with van der Waals surface area (Å²) in [5, 5.41) is 10.6.